The number of nitrogens with zero attached hydrogens (tertiary/aromatic N) is 1. The normalized spacial score (nSPS) is 15.7. The van der Waals surface area contributed by atoms with Crippen molar-refractivity contribution < 1.29 is 17.9 Å². The molecule has 1 fully saturated rings. The number of ether oxygens (including phenoxy) is 1. The van der Waals surface area contributed by atoms with Crippen molar-refractivity contribution in [2.45, 2.75) is 13.3 Å². The summed E-state index contributed by atoms with van der Waals surface area (Å²) in [5.41, 5.74) is 1.95. The average Bonchev–Trinajstić information content (AvgIpc) is 2.94. The van der Waals surface area contributed by atoms with E-state index in [1.807, 2.05) is 25.1 Å². The van der Waals surface area contributed by atoms with E-state index in [4.69, 9.17) is 16.3 Å². The van der Waals surface area contributed by atoms with Gasteiger partial charge in [-0.1, -0.05) is 23.7 Å². The number of carbonyl (C=O) groups is 1. The molecule has 0 spiro atoms. The maximum atomic E-state index is 12.1. The quantitative estimate of drug-likeness (QED) is 0.844. The number of carbonyl (C=O) groups excluding carboxylic acids is 1. The third-order valence-electron chi connectivity index (χ3n) is 3.97. The summed E-state index contributed by atoms with van der Waals surface area (Å²) in [6, 6.07) is 12.2. The number of benzene rings is 2. The number of halogens is 1. The number of nitrogens with one attached hydrogen (secondary N) is 1. The van der Waals surface area contributed by atoms with Crippen LogP contribution in [0.5, 0.6) is 5.75 Å². The second-order valence-corrected chi connectivity index (χ2v) is 8.48. The minimum Gasteiger partial charge on any atom is -0.484 e. The van der Waals surface area contributed by atoms with Gasteiger partial charge in [0, 0.05) is 6.54 Å². The number of hydrogen-bond acceptors (Lipinski definition) is 4. The van der Waals surface area contributed by atoms with Crippen molar-refractivity contribution in [3.05, 3.63) is 53.1 Å². The fraction of sp³-hybridized carbons (Fsp3) is 0.278. The molecule has 1 N–H and O–H groups in total. The highest BCUT2D eigenvalue weighted by Gasteiger charge is 2.28. The molecule has 0 saturated carbocycles. The van der Waals surface area contributed by atoms with Gasteiger partial charge in [0.2, 0.25) is 10.0 Å². The lowest BCUT2D eigenvalue weighted by molar-refractivity contribution is -0.118. The maximum absolute atomic E-state index is 12.1. The number of sulfonamides is 1. The van der Waals surface area contributed by atoms with Crippen molar-refractivity contribution in [2.24, 2.45) is 0 Å². The number of amides is 1. The molecule has 0 atom stereocenters. The van der Waals surface area contributed by atoms with Crippen LogP contribution >= 0.6 is 11.6 Å². The molecular weight excluding hydrogens is 376 g/mol. The van der Waals surface area contributed by atoms with Gasteiger partial charge < -0.3 is 10.1 Å². The zero-order valence-corrected chi connectivity index (χ0v) is 15.8. The van der Waals surface area contributed by atoms with Crippen molar-refractivity contribution in [3.8, 4) is 5.75 Å². The molecule has 0 aromatic heterocycles. The molecule has 2 aromatic rings. The molecule has 0 aliphatic carbocycles. The van der Waals surface area contributed by atoms with Crippen LogP contribution in [-0.2, 0) is 14.8 Å². The fourth-order valence-corrected chi connectivity index (χ4v) is 4.51. The van der Waals surface area contributed by atoms with Crippen LogP contribution in [0.15, 0.2) is 42.5 Å². The van der Waals surface area contributed by atoms with Crippen LogP contribution < -0.4 is 14.4 Å². The minimum atomic E-state index is -3.27. The van der Waals surface area contributed by atoms with Gasteiger partial charge in [-0.05, 0) is 49.2 Å². The van der Waals surface area contributed by atoms with E-state index in [-0.39, 0.29) is 23.3 Å². The second-order valence-electron chi connectivity index (χ2n) is 6.06. The molecule has 2 aromatic carbocycles. The first-order valence-corrected chi connectivity index (χ1v) is 10.1. The Morgan fingerprint density at radius 3 is 2.73 bits per heavy atom. The van der Waals surface area contributed by atoms with E-state index in [1.165, 1.54) is 4.31 Å². The summed E-state index contributed by atoms with van der Waals surface area (Å²) < 4.78 is 30.7. The standard InChI is InChI=1S/C18H19ClN2O4S/c1-13-4-2-5-15(10-13)25-12-18(22)20-17-7-6-14(11-16(17)19)21-8-3-9-26(21,23)24/h2,4-7,10-11H,3,8-9,12H2,1H3,(H,20,22). The lowest BCUT2D eigenvalue weighted by Gasteiger charge is -2.18. The highest BCUT2D eigenvalue weighted by atomic mass is 35.5. The van der Waals surface area contributed by atoms with Crippen molar-refractivity contribution >= 4 is 38.9 Å². The van der Waals surface area contributed by atoms with E-state index in [0.29, 0.717) is 30.1 Å². The van der Waals surface area contributed by atoms with E-state index in [1.54, 1.807) is 24.3 Å². The van der Waals surface area contributed by atoms with Crippen LogP contribution in [0.2, 0.25) is 5.02 Å². The Morgan fingerprint density at radius 1 is 1.27 bits per heavy atom. The van der Waals surface area contributed by atoms with Gasteiger partial charge in [0.15, 0.2) is 6.61 Å². The lowest BCUT2D eigenvalue weighted by atomic mass is 10.2. The molecule has 1 amide bonds. The SMILES string of the molecule is Cc1cccc(OCC(=O)Nc2ccc(N3CCCS3(=O)=O)cc2Cl)c1. The van der Waals surface area contributed by atoms with Crippen LogP contribution in [0, 0.1) is 6.92 Å². The molecule has 0 radical (unpaired) electrons. The minimum absolute atomic E-state index is 0.138. The summed E-state index contributed by atoms with van der Waals surface area (Å²) in [5, 5.41) is 2.94. The van der Waals surface area contributed by atoms with Crippen LogP contribution in [0.25, 0.3) is 0 Å². The molecule has 26 heavy (non-hydrogen) atoms. The summed E-state index contributed by atoms with van der Waals surface area (Å²) in [7, 11) is -3.27. The molecule has 138 valence electrons. The van der Waals surface area contributed by atoms with Gasteiger partial charge in [-0.25, -0.2) is 8.42 Å². The van der Waals surface area contributed by atoms with Crippen molar-refractivity contribution in [3.63, 3.8) is 0 Å². The van der Waals surface area contributed by atoms with E-state index >= 15 is 0 Å². The van der Waals surface area contributed by atoms with Crippen LogP contribution in [0.3, 0.4) is 0 Å². The van der Waals surface area contributed by atoms with Crippen molar-refractivity contribution in [1.29, 1.82) is 0 Å². The highest BCUT2D eigenvalue weighted by molar-refractivity contribution is 7.93. The fourth-order valence-electron chi connectivity index (χ4n) is 2.73. The van der Waals surface area contributed by atoms with Crippen LogP contribution in [0.4, 0.5) is 11.4 Å². The smallest absolute Gasteiger partial charge is 0.262 e. The van der Waals surface area contributed by atoms with Gasteiger partial charge in [0.25, 0.3) is 5.91 Å². The molecule has 0 bridgehead atoms. The van der Waals surface area contributed by atoms with Crippen molar-refractivity contribution in [2.75, 3.05) is 28.5 Å². The van der Waals surface area contributed by atoms with E-state index in [9.17, 15) is 13.2 Å². The van der Waals surface area contributed by atoms with Gasteiger partial charge in [-0.15, -0.1) is 0 Å². The number of aryl methyl sites for hydroxylation is 1. The van der Waals surface area contributed by atoms with Crippen LogP contribution in [-0.4, -0.2) is 33.2 Å². The van der Waals surface area contributed by atoms with Crippen molar-refractivity contribution in [1.82, 2.24) is 0 Å². The first-order chi connectivity index (χ1) is 12.3. The first-order valence-electron chi connectivity index (χ1n) is 8.14. The Labute approximate surface area is 157 Å². The zero-order valence-electron chi connectivity index (χ0n) is 14.2. The molecule has 1 saturated heterocycles. The summed E-state index contributed by atoms with van der Waals surface area (Å²) >= 11 is 6.21. The number of rotatable bonds is 5. The lowest BCUT2D eigenvalue weighted by Crippen LogP contribution is -2.25. The molecule has 6 nitrogen and oxygen atoms in total. The topological polar surface area (TPSA) is 75.7 Å². The van der Waals surface area contributed by atoms with Gasteiger partial charge in [0.05, 0.1) is 22.2 Å². The summed E-state index contributed by atoms with van der Waals surface area (Å²) in [6.07, 6.45) is 0.592. The van der Waals surface area contributed by atoms with E-state index < -0.39 is 10.0 Å². The van der Waals surface area contributed by atoms with Crippen LogP contribution in [0.1, 0.15) is 12.0 Å². The largest absolute Gasteiger partial charge is 0.484 e. The van der Waals surface area contributed by atoms with Gasteiger partial charge >= 0.3 is 0 Å². The number of anilines is 2. The Bertz CT molecular complexity index is 931. The Morgan fingerprint density at radius 2 is 2.08 bits per heavy atom. The molecule has 1 aliphatic rings. The number of hydrogen-bond donors (Lipinski definition) is 1. The second kappa shape index (κ2) is 7.55. The third-order valence-corrected chi connectivity index (χ3v) is 6.16. The summed E-state index contributed by atoms with van der Waals surface area (Å²) in [4.78, 5) is 12.1. The Kier molecular flexibility index (Phi) is 5.38. The van der Waals surface area contributed by atoms with Gasteiger partial charge in [-0.2, -0.15) is 0 Å². The predicted molar refractivity (Wildman–Crippen MR) is 103 cm³/mol. The Balaban J connectivity index is 1.63. The first kappa shape index (κ1) is 18.5. The molecular formula is C18H19ClN2O4S. The predicted octanol–water partition coefficient (Wildman–Crippen LogP) is 3.21. The maximum Gasteiger partial charge on any atom is 0.262 e. The summed E-state index contributed by atoms with van der Waals surface area (Å²) in [5.74, 6) is 0.398. The van der Waals surface area contributed by atoms with E-state index in [2.05, 4.69) is 5.32 Å². The zero-order chi connectivity index (χ0) is 18.7. The molecule has 3 rings (SSSR count). The average molecular weight is 395 g/mol. The highest BCUT2D eigenvalue weighted by Crippen LogP contribution is 2.31. The molecule has 1 aliphatic heterocycles. The molecule has 8 heteroatoms. The monoisotopic (exact) mass is 394 g/mol. The summed E-state index contributed by atoms with van der Waals surface area (Å²) in [6.45, 7) is 2.23. The van der Waals surface area contributed by atoms with Gasteiger partial charge in [-0.3, -0.25) is 9.10 Å². The molecule has 1 heterocycles. The Hall–Kier alpha value is -2.25. The molecule has 0 unspecified atom stereocenters. The third kappa shape index (κ3) is 4.28. The van der Waals surface area contributed by atoms with Gasteiger partial charge in [0.1, 0.15) is 5.75 Å². The van der Waals surface area contributed by atoms with E-state index in [0.717, 1.165) is 5.56 Å².